The molecule has 2 heterocycles. The number of amides is 1. The molecule has 0 radical (unpaired) electrons. The van der Waals surface area contributed by atoms with Crippen molar-refractivity contribution in [3.05, 3.63) is 75.7 Å². The van der Waals surface area contributed by atoms with Crippen LogP contribution in [0.25, 0.3) is 11.7 Å². The van der Waals surface area contributed by atoms with Crippen molar-refractivity contribution in [2.45, 2.75) is 64.3 Å². The molecule has 1 N–H and O–H groups in total. The van der Waals surface area contributed by atoms with Gasteiger partial charge >= 0.3 is 0 Å². The maximum Gasteiger partial charge on any atom is 0.269 e. The fraction of sp³-hybridized carbons (Fsp3) is 0.357. The lowest BCUT2D eigenvalue weighted by Gasteiger charge is -2.22. The lowest BCUT2D eigenvalue weighted by Crippen LogP contribution is -2.36. The topological polar surface area (TPSA) is 96.5 Å². The van der Waals surface area contributed by atoms with Crippen molar-refractivity contribution < 1.29 is 9.53 Å². The van der Waals surface area contributed by atoms with Gasteiger partial charge in [-0.15, -0.1) is 0 Å². The third-order valence-electron chi connectivity index (χ3n) is 6.26. The Kier molecular flexibility index (Phi) is 7.02. The summed E-state index contributed by atoms with van der Waals surface area (Å²) in [6, 6.07) is 14.8. The van der Waals surface area contributed by atoms with E-state index in [1.54, 1.807) is 24.4 Å². The molecule has 1 saturated carbocycles. The maximum atomic E-state index is 13.3. The molecular formula is C28H30N4O3. The van der Waals surface area contributed by atoms with Crippen LogP contribution >= 0.6 is 0 Å². The zero-order valence-corrected chi connectivity index (χ0v) is 20.4. The van der Waals surface area contributed by atoms with Crippen LogP contribution in [-0.2, 0) is 10.2 Å². The highest BCUT2D eigenvalue weighted by atomic mass is 16.5. The van der Waals surface area contributed by atoms with Crippen molar-refractivity contribution in [1.29, 1.82) is 5.26 Å². The number of aromatic nitrogens is 2. The summed E-state index contributed by atoms with van der Waals surface area (Å²) < 4.78 is 7.40. The molecule has 0 spiro atoms. The van der Waals surface area contributed by atoms with Gasteiger partial charge in [0.1, 0.15) is 28.6 Å². The molecule has 0 aliphatic heterocycles. The number of rotatable bonds is 5. The smallest absolute Gasteiger partial charge is 0.269 e. The standard InChI is InChI=1S/C28H30N4O3/c1-28(2,3)20-12-14-22(15-13-20)35-26-23(27(34)32-16-8-7-11-24(32)31-26)17-19(18-29)25(33)30-21-9-5-4-6-10-21/h7-8,11-17,21H,4-6,9-10H2,1-3H3,(H,30,33)/b19-17+. The summed E-state index contributed by atoms with van der Waals surface area (Å²) in [6.45, 7) is 6.37. The first kappa shape index (κ1) is 24.2. The van der Waals surface area contributed by atoms with E-state index in [2.05, 4.69) is 31.1 Å². The summed E-state index contributed by atoms with van der Waals surface area (Å²) in [7, 11) is 0. The largest absolute Gasteiger partial charge is 0.438 e. The number of hydrogen-bond acceptors (Lipinski definition) is 5. The third-order valence-corrected chi connectivity index (χ3v) is 6.26. The summed E-state index contributed by atoms with van der Waals surface area (Å²) in [6.07, 6.45) is 7.93. The van der Waals surface area contributed by atoms with Crippen LogP contribution < -0.4 is 15.6 Å². The van der Waals surface area contributed by atoms with Crippen LogP contribution in [0.1, 0.15) is 64.0 Å². The Hall–Kier alpha value is -3.92. The molecular weight excluding hydrogens is 440 g/mol. The van der Waals surface area contributed by atoms with Crippen LogP contribution in [0.5, 0.6) is 11.6 Å². The monoisotopic (exact) mass is 470 g/mol. The van der Waals surface area contributed by atoms with Gasteiger partial charge in [-0.05, 0) is 54.2 Å². The predicted molar refractivity (Wildman–Crippen MR) is 135 cm³/mol. The summed E-state index contributed by atoms with van der Waals surface area (Å²) in [5.74, 6) is 0.0605. The maximum absolute atomic E-state index is 13.3. The number of fused-ring (bicyclic) bond motifs is 1. The number of nitrogens with one attached hydrogen (secondary N) is 1. The van der Waals surface area contributed by atoms with Gasteiger partial charge in [-0.3, -0.25) is 14.0 Å². The zero-order chi connectivity index (χ0) is 25.0. The molecule has 1 aliphatic rings. The van der Waals surface area contributed by atoms with Gasteiger partial charge in [0.05, 0.1) is 0 Å². The Labute approximate surface area is 205 Å². The number of carbonyl (C=O) groups is 1. The van der Waals surface area contributed by atoms with E-state index >= 15 is 0 Å². The lowest BCUT2D eigenvalue weighted by atomic mass is 9.87. The van der Waals surface area contributed by atoms with E-state index in [0.29, 0.717) is 11.4 Å². The van der Waals surface area contributed by atoms with Gasteiger partial charge in [-0.25, -0.2) is 0 Å². The molecule has 7 heteroatoms. The third kappa shape index (κ3) is 5.60. The Morgan fingerprint density at radius 1 is 1.14 bits per heavy atom. The number of benzene rings is 1. The fourth-order valence-electron chi connectivity index (χ4n) is 4.22. The van der Waals surface area contributed by atoms with E-state index in [0.717, 1.165) is 37.7 Å². The minimum atomic E-state index is -0.488. The van der Waals surface area contributed by atoms with Crippen molar-refractivity contribution in [2.24, 2.45) is 0 Å². The molecule has 1 aromatic carbocycles. The highest BCUT2D eigenvalue weighted by Gasteiger charge is 2.21. The Balaban J connectivity index is 1.73. The molecule has 2 aromatic heterocycles. The molecule has 0 atom stereocenters. The van der Waals surface area contributed by atoms with E-state index in [1.165, 1.54) is 10.5 Å². The van der Waals surface area contributed by atoms with E-state index in [-0.39, 0.29) is 28.5 Å². The highest BCUT2D eigenvalue weighted by Crippen LogP contribution is 2.28. The first-order valence-electron chi connectivity index (χ1n) is 12.0. The molecule has 1 aliphatic carbocycles. The quantitative estimate of drug-likeness (QED) is 0.411. The number of carbonyl (C=O) groups excluding carboxylic acids is 1. The van der Waals surface area contributed by atoms with Crippen molar-refractivity contribution in [2.75, 3.05) is 0 Å². The molecule has 1 amide bonds. The van der Waals surface area contributed by atoms with Crippen LogP contribution in [0, 0.1) is 11.3 Å². The second-order valence-electron chi connectivity index (χ2n) is 9.92. The number of ether oxygens (including phenoxy) is 1. The second-order valence-corrected chi connectivity index (χ2v) is 9.92. The second kappa shape index (κ2) is 10.1. The molecule has 0 saturated heterocycles. The van der Waals surface area contributed by atoms with E-state index in [1.807, 2.05) is 30.3 Å². The van der Waals surface area contributed by atoms with Gasteiger partial charge in [0, 0.05) is 12.2 Å². The van der Waals surface area contributed by atoms with E-state index in [9.17, 15) is 14.9 Å². The highest BCUT2D eigenvalue weighted by molar-refractivity contribution is 6.02. The summed E-state index contributed by atoms with van der Waals surface area (Å²) in [4.78, 5) is 30.7. The molecule has 3 aromatic rings. The Morgan fingerprint density at radius 3 is 2.51 bits per heavy atom. The normalized spacial score (nSPS) is 15.0. The van der Waals surface area contributed by atoms with Gasteiger partial charge in [0.2, 0.25) is 5.88 Å². The average molecular weight is 471 g/mol. The van der Waals surface area contributed by atoms with Crippen LogP contribution in [0.3, 0.4) is 0 Å². The van der Waals surface area contributed by atoms with E-state index < -0.39 is 11.5 Å². The first-order chi connectivity index (χ1) is 16.8. The van der Waals surface area contributed by atoms with E-state index in [4.69, 9.17) is 4.74 Å². The van der Waals surface area contributed by atoms with Gasteiger partial charge in [0.25, 0.3) is 11.5 Å². The van der Waals surface area contributed by atoms with Crippen LogP contribution in [-0.4, -0.2) is 21.3 Å². The SMILES string of the molecule is CC(C)(C)c1ccc(Oc2nc3ccccn3c(=O)c2/C=C(\C#N)C(=O)NC2CCCCC2)cc1. The van der Waals surface area contributed by atoms with Crippen molar-refractivity contribution in [3.8, 4) is 17.7 Å². The Morgan fingerprint density at radius 2 is 1.86 bits per heavy atom. The molecule has 4 rings (SSSR count). The molecule has 180 valence electrons. The van der Waals surface area contributed by atoms with Gasteiger partial charge in [-0.1, -0.05) is 58.2 Å². The molecule has 7 nitrogen and oxygen atoms in total. The van der Waals surface area contributed by atoms with Crippen LogP contribution in [0.15, 0.2) is 59.0 Å². The molecule has 0 unspecified atom stereocenters. The van der Waals surface area contributed by atoms with Gasteiger partial charge < -0.3 is 10.1 Å². The number of hydrogen-bond donors (Lipinski definition) is 1. The number of nitrogens with zero attached hydrogens (tertiary/aromatic N) is 3. The van der Waals surface area contributed by atoms with Crippen LogP contribution in [0.4, 0.5) is 0 Å². The Bertz CT molecular complexity index is 1350. The summed E-state index contributed by atoms with van der Waals surface area (Å²) >= 11 is 0. The first-order valence-corrected chi connectivity index (χ1v) is 12.0. The lowest BCUT2D eigenvalue weighted by molar-refractivity contribution is -0.117. The average Bonchev–Trinajstić information content (AvgIpc) is 2.84. The van der Waals surface area contributed by atoms with Crippen molar-refractivity contribution in [1.82, 2.24) is 14.7 Å². The number of pyridine rings is 1. The predicted octanol–water partition coefficient (Wildman–Crippen LogP) is 5.14. The molecule has 0 bridgehead atoms. The van der Waals surface area contributed by atoms with Crippen LogP contribution in [0.2, 0.25) is 0 Å². The van der Waals surface area contributed by atoms with Crippen molar-refractivity contribution in [3.63, 3.8) is 0 Å². The van der Waals surface area contributed by atoms with Gasteiger partial charge in [0.15, 0.2) is 0 Å². The van der Waals surface area contributed by atoms with Gasteiger partial charge in [-0.2, -0.15) is 10.2 Å². The minimum Gasteiger partial charge on any atom is -0.438 e. The fourth-order valence-corrected chi connectivity index (χ4v) is 4.22. The zero-order valence-electron chi connectivity index (χ0n) is 20.4. The summed E-state index contributed by atoms with van der Waals surface area (Å²) in [5, 5.41) is 12.7. The number of nitriles is 1. The minimum absolute atomic E-state index is 0.0140. The van der Waals surface area contributed by atoms with Crippen molar-refractivity contribution >= 4 is 17.6 Å². The summed E-state index contributed by atoms with van der Waals surface area (Å²) in [5.41, 5.74) is 1.00. The molecule has 1 fully saturated rings. The molecule has 35 heavy (non-hydrogen) atoms.